The average molecular weight is 390 g/mol. The zero-order chi connectivity index (χ0) is 16.1. The van der Waals surface area contributed by atoms with Crippen molar-refractivity contribution in [1.29, 1.82) is 0 Å². The number of nitrogens with zero attached hydrogens (tertiary/aromatic N) is 2. The van der Waals surface area contributed by atoms with E-state index in [1.54, 1.807) is 7.11 Å². The van der Waals surface area contributed by atoms with Crippen molar-refractivity contribution in [3.05, 3.63) is 24.3 Å². The van der Waals surface area contributed by atoms with Crippen molar-refractivity contribution in [3.8, 4) is 5.75 Å². The molecule has 0 aromatic heterocycles. The van der Waals surface area contributed by atoms with E-state index in [4.69, 9.17) is 4.74 Å². The molecule has 0 saturated carbocycles. The topological polar surface area (TPSA) is 44.8 Å². The van der Waals surface area contributed by atoms with Gasteiger partial charge in [-0.15, -0.1) is 24.8 Å². The molecule has 2 fully saturated rings. The summed E-state index contributed by atoms with van der Waals surface area (Å²) in [4.78, 5) is 16.7. The molecule has 1 aromatic carbocycles. The Bertz CT molecular complexity index is 531. The van der Waals surface area contributed by atoms with Gasteiger partial charge in [0.25, 0.3) is 0 Å². The molecule has 1 atom stereocenters. The molecule has 3 rings (SSSR count). The third-order valence-corrected chi connectivity index (χ3v) is 4.92. The molecule has 1 amide bonds. The number of anilines is 1. The Labute approximate surface area is 162 Å². The number of carbonyl (C=O) groups excluding carboxylic acids is 1. The molecule has 1 aromatic rings. The van der Waals surface area contributed by atoms with Gasteiger partial charge in [0, 0.05) is 50.4 Å². The van der Waals surface area contributed by atoms with Crippen LogP contribution in [0.25, 0.3) is 0 Å². The van der Waals surface area contributed by atoms with E-state index >= 15 is 0 Å². The molecule has 0 aliphatic carbocycles. The Morgan fingerprint density at radius 1 is 1.24 bits per heavy atom. The molecule has 7 heteroatoms. The summed E-state index contributed by atoms with van der Waals surface area (Å²) >= 11 is 0. The second-order valence-electron chi connectivity index (χ2n) is 6.40. The van der Waals surface area contributed by atoms with Gasteiger partial charge in [-0.25, -0.2) is 0 Å². The highest BCUT2D eigenvalue weighted by Gasteiger charge is 2.23. The van der Waals surface area contributed by atoms with Gasteiger partial charge in [0.15, 0.2) is 0 Å². The molecule has 5 nitrogen and oxygen atoms in total. The highest BCUT2D eigenvalue weighted by Crippen LogP contribution is 2.22. The van der Waals surface area contributed by atoms with E-state index in [1.165, 1.54) is 18.5 Å². The monoisotopic (exact) mass is 389 g/mol. The molecule has 142 valence electrons. The maximum absolute atomic E-state index is 12.4. The van der Waals surface area contributed by atoms with Gasteiger partial charge in [-0.1, -0.05) is 6.07 Å². The van der Waals surface area contributed by atoms with E-state index in [0.29, 0.717) is 18.4 Å². The summed E-state index contributed by atoms with van der Waals surface area (Å²) in [6.45, 7) is 4.52. The number of amides is 1. The van der Waals surface area contributed by atoms with Gasteiger partial charge < -0.3 is 19.9 Å². The Balaban J connectivity index is 0.00000156. The molecule has 1 N–H and O–H groups in total. The largest absolute Gasteiger partial charge is 0.497 e. The highest BCUT2D eigenvalue weighted by molar-refractivity contribution is 5.85. The molecule has 2 heterocycles. The second kappa shape index (κ2) is 10.7. The van der Waals surface area contributed by atoms with Crippen molar-refractivity contribution in [3.63, 3.8) is 0 Å². The van der Waals surface area contributed by atoms with E-state index < -0.39 is 0 Å². The van der Waals surface area contributed by atoms with Gasteiger partial charge in [-0.3, -0.25) is 4.79 Å². The first-order valence-corrected chi connectivity index (χ1v) is 8.66. The third kappa shape index (κ3) is 5.94. The lowest BCUT2D eigenvalue weighted by Crippen LogP contribution is -2.49. The average Bonchev–Trinajstić information content (AvgIpc) is 3.13. The van der Waals surface area contributed by atoms with Crippen LogP contribution in [0.3, 0.4) is 0 Å². The molecule has 2 aliphatic heterocycles. The van der Waals surface area contributed by atoms with E-state index in [0.717, 1.165) is 44.9 Å². The molecule has 0 bridgehead atoms. The number of nitrogens with one attached hydrogen (secondary N) is 1. The Morgan fingerprint density at radius 3 is 2.64 bits per heavy atom. The summed E-state index contributed by atoms with van der Waals surface area (Å²) in [6, 6.07) is 8.69. The third-order valence-electron chi connectivity index (χ3n) is 4.92. The Morgan fingerprint density at radius 2 is 2.00 bits per heavy atom. The van der Waals surface area contributed by atoms with Crippen LogP contribution in [-0.2, 0) is 4.79 Å². The van der Waals surface area contributed by atoms with Crippen molar-refractivity contribution in [2.24, 2.45) is 0 Å². The fourth-order valence-corrected chi connectivity index (χ4v) is 3.48. The quantitative estimate of drug-likeness (QED) is 0.840. The van der Waals surface area contributed by atoms with E-state index in [9.17, 15) is 4.79 Å². The van der Waals surface area contributed by atoms with Crippen LogP contribution in [0.1, 0.15) is 25.7 Å². The predicted molar refractivity (Wildman–Crippen MR) is 107 cm³/mol. The molecule has 0 spiro atoms. The standard InChI is InChI=1S/C18H27N3O2.2ClH/c1-23-17-6-2-5-16(14-17)20-10-12-21(13-11-20)18(22)8-7-15-4-3-9-19-15;;/h2,5-6,14-15,19H,3-4,7-13H2,1H3;2*1H. The van der Waals surface area contributed by atoms with Crippen molar-refractivity contribution >= 4 is 36.4 Å². The van der Waals surface area contributed by atoms with Crippen molar-refractivity contribution in [2.75, 3.05) is 44.7 Å². The van der Waals surface area contributed by atoms with Crippen LogP contribution in [0, 0.1) is 0 Å². The van der Waals surface area contributed by atoms with E-state index in [2.05, 4.69) is 22.3 Å². The normalized spacial score (nSPS) is 19.8. The summed E-state index contributed by atoms with van der Waals surface area (Å²) in [5.74, 6) is 1.19. The lowest BCUT2D eigenvalue weighted by Gasteiger charge is -2.36. The number of ether oxygens (including phenoxy) is 1. The lowest BCUT2D eigenvalue weighted by molar-refractivity contribution is -0.131. The second-order valence-corrected chi connectivity index (χ2v) is 6.40. The number of piperazine rings is 1. The van der Waals surface area contributed by atoms with Gasteiger partial charge in [-0.05, 0) is 37.9 Å². The first-order valence-electron chi connectivity index (χ1n) is 8.66. The number of methoxy groups -OCH3 is 1. The van der Waals surface area contributed by atoms with Crippen molar-refractivity contribution in [2.45, 2.75) is 31.7 Å². The predicted octanol–water partition coefficient (Wildman–Crippen LogP) is 2.72. The number of halogens is 2. The number of carbonyl (C=O) groups is 1. The maximum atomic E-state index is 12.4. The van der Waals surface area contributed by atoms with E-state index in [-0.39, 0.29) is 24.8 Å². The van der Waals surface area contributed by atoms with Gasteiger partial charge >= 0.3 is 0 Å². The van der Waals surface area contributed by atoms with Crippen LogP contribution in [0.4, 0.5) is 5.69 Å². The van der Waals surface area contributed by atoms with E-state index in [1.807, 2.05) is 17.0 Å². The lowest BCUT2D eigenvalue weighted by atomic mass is 10.1. The Kier molecular flexibility index (Phi) is 9.39. The number of benzene rings is 1. The van der Waals surface area contributed by atoms with Crippen LogP contribution in [-0.4, -0.2) is 56.7 Å². The van der Waals surface area contributed by atoms with Crippen LogP contribution >= 0.6 is 24.8 Å². The van der Waals surface area contributed by atoms with Gasteiger partial charge in [-0.2, -0.15) is 0 Å². The zero-order valence-corrected chi connectivity index (χ0v) is 16.4. The first kappa shape index (κ1) is 21.9. The first-order chi connectivity index (χ1) is 11.3. The van der Waals surface area contributed by atoms with Gasteiger partial charge in [0.05, 0.1) is 7.11 Å². The summed E-state index contributed by atoms with van der Waals surface area (Å²) in [5, 5.41) is 3.46. The number of hydrogen-bond donors (Lipinski definition) is 1. The molecular formula is C18H29Cl2N3O2. The summed E-state index contributed by atoms with van der Waals surface area (Å²) in [7, 11) is 1.69. The smallest absolute Gasteiger partial charge is 0.222 e. The van der Waals surface area contributed by atoms with Crippen molar-refractivity contribution in [1.82, 2.24) is 10.2 Å². The molecule has 25 heavy (non-hydrogen) atoms. The summed E-state index contributed by atoms with van der Waals surface area (Å²) < 4.78 is 5.29. The number of rotatable bonds is 5. The minimum absolute atomic E-state index is 0. The minimum Gasteiger partial charge on any atom is -0.497 e. The van der Waals surface area contributed by atoms with Gasteiger partial charge in [0.1, 0.15) is 5.75 Å². The number of hydrogen-bond acceptors (Lipinski definition) is 4. The van der Waals surface area contributed by atoms with Crippen LogP contribution in [0.15, 0.2) is 24.3 Å². The highest BCUT2D eigenvalue weighted by atomic mass is 35.5. The minimum atomic E-state index is 0. The molecule has 2 aliphatic rings. The van der Waals surface area contributed by atoms with Crippen LogP contribution in [0.5, 0.6) is 5.75 Å². The molecular weight excluding hydrogens is 361 g/mol. The summed E-state index contributed by atoms with van der Waals surface area (Å²) in [6.07, 6.45) is 4.13. The molecule has 0 radical (unpaired) electrons. The van der Waals surface area contributed by atoms with Crippen molar-refractivity contribution < 1.29 is 9.53 Å². The molecule has 2 saturated heterocycles. The Hall–Kier alpha value is -1.17. The summed E-state index contributed by atoms with van der Waals surface area (Å²) in [5.41, 5.74) is 1.17. The zero-order valence-electron chi connectivity index (χ0n) is 14.8. The fraction of sp³-hybridized carbons (Fsp3) is 0.611. The maximum Gasteiger partial charge on any atom is 0.222 e. The fourth-order valence-electron chi connectivity index (χ4n) is 3.48. The molecule has 1 unspecified atom stereocenters. The SMILES string of the molecule is COc1cccc(N2CCN(C(=O)CCC3CCCN3)CC2)c1.Cl.Cl. The van der Waals surface area contributed by atoms with Gasteiger partial charge in [0.2, 0.25) is 5.91 Å². The van der Waals surface area contributed by atoms with Crippen LogP contribution < -0.4 is 15.0 Å². The van der Waals surface area contributed by atoms with Crippen LogP contribution in [0.2, 0.25) is 0 Å².